The SMILES string of the molecule is COCc1ccc(Br)c(F)c1C=O. The molecule has 4 heteroatoms. The van der Waals surface area contributed by atoms with Crippen LogP contribution in [0.15, 0.2) is 16.6 Å². The maximum Gasteiger partial charge on any atom is 0.153 e. The summed E-state index contributed by atoms with van der Waals surface area (Å²) in [6, 6.07) is 3.21. The lowest BCUT2D eigenvalue weighted by atomic mass is 10.1. The van der Waals surface area contributed by atoms with Gasteiger partial charge in [0.15, 0.2) is 6.29 Å². The fraction of sp³-hybridized carbons (Fsp3) is 0.222. The van der Waals surface area contributed by atoms with Crippen molar-refractivity contribution >= 4 is 22.2 Å². The molecule has 0 radical (unpaired) electrons. The second kappa shape index (κ2) is 4.48. The zero-order valence-electron chi connectivity index (χ0n) is 7.01. The fourth-order valence-corrected chi connectivity index (χ4v) is 1.36. The second-order valence-corrected chi connectivity index (χ2v) is 3.34. The van der Waals surface area contributed by atoms with Crippen molar-refractivity contribution in [1.82, 2.24) is 0 Å². The van der Waals surface area contributed by atoms with Gasteiger partial charge in [0.1, 0.15) is 5.82 Å². The van der Waals surface area contributed by atoms with Gasteiger partial charge in [0.05, 0.1) is 16.6 Å². The molecule has 1 rings (SSSR count). The Kier molecular flexibility index (Phi) is 3.57. The molecular formula is C9H8BrFO2. The number of carbonyl (C=O) groups excluding carboxylic acids is 1. The highest BCUT2D eigenvalue weighted by molar-refractivity contribution is 9.10. The molecule has 0 atom stereocenters. The van der Waals surface area contributed by atoms with Gasteiger partial charge in [-0.05, 0) is 27.6 Å². The third-order valence-corrected chi connectivity index (χ3v) is 2.25. The largest absolute Gasteiger partial charge is 0.380 e. The smallest absolute Gasteiger partial charge is 0.153 e. The minimum Gasteiger partial charge on any atom is -0.380 e. The molecule has 0 saturated heterocycles. The molecule has 0 heterocycles. The zero-order valence-corrected chi connectivity index (χ0v) is 8.60. The van der Waals surface area contributed by atoms with Gasteiger partial charge >= 0.3 is 0 Å². The molecule has 0 aliphatic heterocycles. The number of rotatable bonds is 3. The Bertz CT molecular complexity index is 326. The van der Waals surface area contributed by atoms with Crippen molar-refractivity contribution in [3.05, 3.63) is 33.5 Å². The summed E-state index contributed by atoms with van der Waals surface area (Å²) in [5.74, 6) is -0.537. The summed E-state index contributed by atoms with van der Waals surface area (Å²) in [6.07, 6.45) is 0.494. The molecule has 13 heavy (non-hydrogen) atoms. The van der Waals surface area contributed by atoms with Gasteiger partial charge in [-0.3, -0.25) is 4.79 Å². The van der Waals surface area contributed by atoms with Crippen molar-refractivity contribution in [1.29, 1.82) is 0 Å². The van der Waals surface area contributed by atoms with Crippen molar-refractivity contribution < 1.29 is 13.9 Å². The number of benzene rings is 1. The zero-order chi connectivity index (χ0) is 9.84. The Morgan fingerprint density at radius 2 is 2.31 bits per heavy atom. The van der Waals surface area contributed by atoms with Crippen LogP contribution >= 0.6 is 15.9 Å². The van der Waals surface area contributed by atoms with Crippen molar-refractivity contribution in [2.75, 3.05) is 7.11 Å². The van der Waals surface area contributed by atoms with Crippen molar-refractivity contribution in [3.63, 3.8) is 0 Å². The van der Waals surface area contributed by atoms with E-state index in [2.05, 4.69) is 15.9 Å². The standard InChI is InChI=1S/C9H8BrFO2/c1-13-5-6-2-3-8(10)9(11)7(6)4-12/h2-4H,5H2,1H3. The third kappa shape index (κ3) is 2.14. The highest BCUT2D eigenvalue weighted by Gasteiger charge is 2.10. The highest BCUT2D eigenvalue weighted by Crippen LogP contribution is 2.21. The number of aldehydes is 1. The number of ether oxygens (including phenoxy) is 1. The number of hydrogen-bond acceptors (Lipinski definition) is 2. The molecule has 0 aliphatic rings. The summed E-state index contributed by atoms with van der Waals surface area (Å²) < 4.78 is 18.4. The van der Waals surface area contributed by atoms with Gasteiger partial charge in [0.2, 0.25) is 0 Å². The summed E-state index contributed by atoms with van der Waals surface area (Å²) >= 11 is 3.00. The van der Waals surface area contributed by atoms with Gasteiger partial charge in [-0.1, -0.05) is 6.07 Å². The van der Waals surface area contributed by atoms with E-state index < -0.39 is 5.82 Å². The predicted molar refractivity (Wildman–Crippen MR) is 50.2 cm³/mol. The Balaban J connectivity index is 3.21. The van der Waals surface area contributed by atoms with E-state index in [9.17, 15) is 9.18 Å². The van der Waals surface area contributed by atoms with Crippen LogP contribution in [0, 0.1) is 5.82 Å². The Morgan fingerprint density at radius 1 is 1.62 bits per heavy atom. The highest BCUT2D eigenvalue weighted by atomic mass is 79.9. The maximum absolute atomic E-state index is 13.3. The lowest BCUT2D eigenvalue weighted by Crippen LogP contribution is -1.98. The van der Waals surface area contributed by atoms with Crippen LogP contribution < -0.4 is 0 Å². The molecule has 0 fully saturated rings. The van der Waals surface area contributed by atoms with Crippen LogP contribution in [0.5, 0.6) is 0 Å². The third-order valence-electron chi connectivity index (χ3n) is 1.64. The van der Waals surface area contributed by atoms with Crippen molar-refractivity contribution in [3.8, 4) is 0 Å². The number of methoxy groups -OCH3 is 1. The maximum atomic E-state index is 13.3. The molecule has 1 aromatic rings. The minimum absolute atomic E-state index is 0.0521. The van der Waals surface area contributed by atoms with Crippen LogP contribution in [0.4, 0.5) is 4.39 Å². The summed E-state index contributed by atoms with van der Waals surface area (Å²) in [6.45, 7) is 0.234. The average Bonchev–Trinajstić information content (AvgIpc) is 2.12. The monoisotopic (exact) mass is 246 g/mol. The van der Waals surface area contributed by atoms with E-state index in [0.29, 0.717) is 11.8 Å². The molecule has 0 N–H and O–H groups in total. The molecule has 0 spiro atoms. The van der Waals surface area contributed by atoms with E-state index in [-0.39, 0.29) is 16.6 Å². The molecule has 0 aliphatic carbocycles. The molecule has 2 nitrogen and oxygen atoms in total. The minimum atomic E-state index is -0.537. The normalized spacial score (nSPS) is 10.1. The van der Waals surface area contributed by atoms with E-state index in [1.165, 1.54) is 7.11 Å². The van der Waals surface area contributed by atoms with Crippen LogP contribution in [0.3, 0.4) is 0 Å². The van der Waals surface area contributed by atoms with Crippen molar-refractivity contribution in [2.24, 2.45) is 0 Å². The number of hydrogen-bond donors (Lipinski definition) is 0. The molecule has 70 valence electrons. The van der Waals surface area contributed by atoms with Gasteiger partial charge < -0.3 is 4.74 Å². The van der Waals surface area contributed by atoms with E-state index >= 15 is 0 Å². The summed E-state index contributed by atoms with van der Waals surface area (Å²) in [4.78, 5) is 10.6. The summed E-state index contributed by atoms with van der Waals surface area (Å²) in [7, 11) is 1.49. The van der Waals surface area contributed by atoms with Gasteiger partial charge in [-0.2, -0.15) is 0 Å². The second-order valence-electron chi connectivity index (χ2n) is 2.49. The van der Waals surface area contributed by atoms with Crippen LogP contribution in [0.25, 0.3) is 0 Å². The van der Waals surface area contributed by atoms with Crippen LogP contribution in [0.1, 0.15) is 15.9 Å². The van der Waals surface area contributed by atoms with Crippen LogP contribution in [-0.4, -0.2) is 13.4 Å². The van der Waals surface area contributed by atoms with Crippen molar-refractivity contribution in [2.45, 2.75) is 6.61 Å². The Hall–Kier alpha value is -0.740. The quantitative estimate of drug-likeness (QED) is 0.767. The fourth-order valence-electron chi connectivity index (χ4n) is 1.02. The molecule has 0 amide bonds. The Morgan fingerprint density at radius 3 is 2.85 bits per heavy atom. The molecule has 0 bridgehead atoms. The number of halogens is 2. The van der Waals surface area contributed by atoms with E-state index in [0.717, 1.165) is 0 Å². The molecule has 0 aromatic heterocycles. The molecule has 0 saturated carbocycles. The van der Waals surface area contributed by atoms with Gasteiger partial charge in [-0.25, -0.2) is 4.39 Å². The summed E-state index contributed by atoms with van der Waals surface area (Å²) in [5, 5.41) is 0. The first-order chi connectivity index (χ1) is 6.20. The first kappa shape index (κ1) is 10.3. The van der Waals surface area contributed by atoms with Crippen LogP contribution in [-0.2, 0) is 11.3 Å². The number of carbonyl (C=O) groups is 1. The molecular weight excluding hydrogens is 239 g/mol. The predicted octanol–water partition coefficient (Wildman–Crippen LogP) is 2.55. The van der Waals surface area contributed by atoms with Gasteiger partial charge in [0, 0.05) is 7.11 Å². The first-order valence-corrected chi connectivity index (χ1v) is 4.41. The lowest BCUT2D eigenvalue weighted by Gasteiger charge is -2.05. The first-order valence-electron chi connectivity index (χ1n) is 3.61. The molecule has 1 aromatic carbocycles. The topological polar surface area (TPSA) is 26.3 Å². The van der Waals surface area contributed by atoms with Crippen LogP contribution in [0.2, 0.25) is 0 Å². The Labute approximate surface area is 83.8 Å². The van der Waals surface area contributed by atoms with Gasteiger partial charge in [0.25, 0.3) is 0 Å². The van der Waals surface area contributed by atoms with E-state index in [1.807, 2.05) is 0 Å². The van der Waals surface area contributed by atoms with E-state index in [1.54, 1.807) is 12.1 Å². The van der Waals surface area contributed by atoms with E-state index in [4.69, 9.17) is 4.74 Å². The summed E-state index contributed by atoms with van der Waals surface area (Å²) in [5.41, 5.74) is 0.606. The average molecular weight is 247 g/mol. The van der Waals surface area contributed by atoms with Gasteiger partial charge in [-0.15, -0.1) is 0 Å². The molecule has 0 unspecified atom stereocenters. The lowest BCUT2D eigenvalue weighted by molar-refractivity contribution is 0.111.